The SMILES string of the molecule is Cc1cc(C)c(S(=O)(=O)Nc2ccc(C[C@H](NC(=O)c3c(C)cccc3C)C(=O)O)cc2)c(C)c1. The van der Waals surface area contributed by atoms with Gasteiger partial charge in [0, 0.05) is 17.7 Å². The molecule has 8 heteroatoms. The summed E-state index contributed by atoms with van der Waals surface area (Å²) < 4.78 is 28.6. The smallest absolute Gasteiger partial charge is 0.326 e. The van der Waals surface area contributed by atoms with Crippen LogP contribution in [0.15, 0.2) is 59.5 Å². The fourth-order valence-electron chi connectivity index (χ4n) is 4.34. The van der Waals surface area contributed by atoms with Crippen LogP contribution in [0.3, 0.4) is 0 Å². The first kappa shape index (κ1) is 26.0. The van der Waals surface area contributed by atoms with Gasteiger partial charge in [-0.3, -0.25) is 9.52 Å². The Morgan fingerprint density at radius 1 is 0.857 bits per heavy atom. The van der Waals surface area contributed by atoms with Crippen molar-refractivity contribution < 1.29 is 23.1 Å². The van der Waals surface area contributed by atoms with E-state index in [2.05, 4.69) is 10.0 Å². The number of hydrogen-bond acceptors (Lipinski definition) is 4. The maximum atomic E-state index is 13.0. The highest BCUT2D eigenvalue weighted by Crippen LogP contribution is 2.24. The summed E-state index contributed by atoms with van der Waals surface area (Å²) >= 11 is 0. The largest absolute Gasteiger partial charge is 0.480 e. The van der Waals surface area contributed by atoms with E-state index in [4.69, 9.17) is 0 Å². The number of sulfonamides is 1. The van der Waals surface area contributed by atoms with Gasteiger partial charge in [-0.2, -0.15) is 0 Å². The lowest BCUT2D eigenvalue weighted by Gasteiger charge is -2.17. The predicted octanol–water partition coefficient (Wildman–Crippen LogP) is 4.46. The number of hydrogen-bond donors (Lipinski definition) is 3. The minimum absolute atomic E-state index is 0.0508. The number of anilines is 1. The van der Waals surface area contributed by atoms with Crippen LogP contribution >= 0.6 is 0 Å². The number of carbonyl (C=O) groups excluding carboxylic acids is 1. The molecule has 0 unspecified atom stereocenters. The van der Waals surface area contributed by atoms with Crippen molar-refractivity contribution in [3.63, 3.8) is 0 Å². The first-order valence-corrected chi connectivity index (χ1v) is 12.7. The Hall–Kier alpha value is -3.65. The summed E-state index contributed by atoms with van der Waals surface area (Å²) in [5, 5.41) is 12.3. The highest BCUT2D eigenvalue weighted by molar-refractivity contribution is 7.92. The highest BCUT2D eigenvalue weighted by Gasteiger charge is 2.23. The van der Waals surface area contributed by atoms with Gasteiger partial charge in [0.2, 0.25) is 0 Å². The van der Waals surface area contributed by atoms with Crippen LogP contribution < -0.4 is 10.0 Å². The molecule has 0 spiro atoms. The van der Waals surface area contributed by atoms with Crippen molar-refractivity contribution in [2.45, 2.75) is 52.0 Å². The van der Waals surface area contributed by atoms with Crippen molar-refractivity contribution in [3.05, 3.63) is 93.5 Å². The molecule has 0 fully saturated rings. The van der Waals surface area contributed by atoms with Crippen molar-refractivity contribution in [2.24, 2.45) is 0 Å². The Bertz CT molecular complexity index is 1340. The molecular formula is C27H30N2O5S. The summed E-state index contributed by atoms with van der Waals surface area (Å²) in [6, 6.07) is 14.4. The van der Waals surface area contributed by atoms with Gasteiger partial charge in [0.1, 0.15) is 6.04 Å². The predicted molar refractivity (Wildman–Crippen MR) is 136 cm³/mol. The van der Waals surface area contributed by atoms with Crippen molar-refractivity contribution in [2.75, 3.05) is 4.72 Å². The van der Waals surface area contributed by atoms with Gasteiger partial charge in [-0.25, -0.2) is 13.2 Å². The molecule has 1 amide bonds. The van der Waals surface area contributed by atoms with Crippen molar-refractivity contribution >= 4 is 27.6 Å². The van der Waals surface area contributed by atoms with Crippen LogP contribution in [0.4, 0.5) is 5.69 Å². The van der Waals surface area contributed by atoms with E-state index in [0.29, 0.717) is 27.9 Å². The number of aryl methyl sites for hydroxylation is 5. The van der Waals surface area contributed by atoms with E-state index < -0.39 is 27.9 Å². The summed E-state index contributed by atoms with van der Waals surface area (Å²) in [5.41, 5.74) is 5.31. The number of amides is 1. The Labute approximate surface area is 206 Å². The van der Waals surface area contributed by atoms with Crippen molar-refractivity contribution in [1.82, 2.24) is 5.32 Å². The van der Waals surface area contributed by atoms with E-state index in [1.54, 1.807) is 64.1 Å². The standard InChI is InChI=1S/C27H30N2O5S/c1-16-13-19(4)25(20(5)14-16)35(33,34)29-22-11-9-21(10-12-22)15-23(27(31)32)28-26(30)24-17(2)7-6-8-18(24)3/h6-14,23,29H,15H2,1-5H3,(H,28,30)(H,31,32)/t23-/m0/s1. The average Bonchev–Trinajstić information content (AvgIpc) is 2.73. The molecule has 0 aliphatic rings. The molecule has 0 aliphatic carbocycles. The zero-order chi connectivity index (χ0) is 25.9. The second-order valence-corrected chi connectivity index (χ2v) is 10.5. The molecule has 3 aromatic carbocycles. The molecule has 0 radical (unpaired) electrons. The van der Waals surface area contributed by atoms with Gasteiger partial charge < -0.3 is 10.4 Å². The molecule has 0 heterocycles. The number of carboxylic acid groups (broad SMARTS) is 1. The summed E-state index contributed by atoms with van der Waals surface area (Å²) in [7, 11) is -3.80. The van der Waals surface area contributed by atoms with Gasteiger partial charge in [-0.1, -0.05) is 48.0 Å². The fourth-order valence-corrected chi connectivity index (χ4v) is 5.86. The number of nitrogens with one attached hydrogen (secondary N) is 2. The molecule has 3 N–H and O–H groups in total. The topological polar surface area (TPSA) is 113 Å². The number of rotatable bonds is 8. The van der Waals surface area contributed by atoms with E-state index in [9.17, 15) is 23.1 Å². The molecule has 184 valence electrons. The second kappa shape index (κ2) is 10.3. The lowest BCUT2D eigenvalue weighted by atomic mass is 10.0. The molecule has 0 bridgehead atoms. The second-order valence-electron chi connectivity index (χ2n) is 8.87. The normalized spacial score (nSPS) is 12.1. The molecule has 35 heavy (non-hydrogen) atoms. The Morgan fingerprint density at radius 2 is 1.40 bits per heavy atom. The van der Waals surface area contributed by atoms with Crippen molar-refractivity contribution in [3.8, 4) is 0 Å². The molecule has 3 rings (SSSR count). The van der Waals surface area contributed by atoms with Crippen LogP contribution in [0.5, 0.6) is 0 Å². The third-order valence-electron chi connectivity index (χ3n) is 5.83. The fraction of sp³-hybridized carbons (Fsp3) is 0.259. The van der Waals surface area contributed by atoms with Gasteiger partial charge in [0.05, 0.1) is 4.90 Å². The monoisotopic (exact) mass is 494 g/mol. The van der Waals surface area contributed by atoms with Gasteiger partial charge in [0.15, 0.2) is 0 Å². The van der Waals surface area contributed by atoms with Crippen LogP contribution in [-0.4, -0.2) is 31.4 Å². The van der Waals surface area contributed by atoms with Gasteiger partial charge in [0.25, 0.3) is 15.9 Å². The maximum absolute atomic E-state index is 13.0. The zero-order valence-corrected chi connectivity index (χ0v) is 21.3. The van der Waals surface area contributed by atoms with E-state index in [-0.39, 0.29) is 11.3 Å². The van der Waals surface area contributed by atoms with E-state index >= 15 is 0 Å². The van der Waals surface area contributed by atoms with E-state index in [0.717, 1.165) is 16.7 Å². The summed E-state index contributed by atoms with van der Waals surface area (Å²) in [6.07, 6.45) is 0.0508. The number of benzene rings is 3. The Morgan fingerprint density at radius 3 is 1.91 bits per heavy atom. The van der Waals surface area contributed by atoms with E-state index in [1.807, 2.05) is 25.1 Å². The third kappa shape index (κ3) is 6.08. The minimum Gasteiger partial charge on any atom is -0.480 e. The Balaban J connectivity index is 1.75. The molecule has 0 saturated carbocycles. The lowest BCUT2D eigenvalue weighted by Crippen LogP contribution is -2.42. The third-order valence-corrected chi connectivity index (χ3v) is 7.52. The number of carbonyl (C=O) groups is 2. The minimum atomic E-state index is -3.80. The van der Waals surface area contributed by atoms with Gasteiger partial charge in [-0.05, 0) is 74.6 Å². The molecule has 7 nitrogen and oxygen atoms in total. The maximum Gasteiger partial charge on any atom is 0.326 e. The summed E-state index contributed by atoms with van der Waals surface area (Å²) in [4.78, 5) is 24.8. The first-order valence-electron chi connectivity index (χ1n) is 11.2. The summed E-state index contributed by atoms with van der Waals surface area (Å²) in [5.74, 6) is -1.60. The summed E-state index contributed by atoms with van der Waals surface area (Å²) in [6.45, 7) is 9.04. The van der Waals surface area contributed by atoms with Gasteiger partial charge >= 0.3 is 5.97 Å². The zero-order valence-electron chi connectivity index (χ0n) is 20.5. The molecular weight excluding hydrogens is 464 g/mol. The van der Waals surface area contributed by atoms with Crippen molar-refractivity contribution in [1.29, 1.82) is 0 Å². The average molecular weight is 495 g/mol. The lowest BCUT2D eigenvalue weighted by molar-refractivity contribution is -0.139. The molecule has 0 aromatic heterocycles. The Kier molecular flexibility index (Phi) is 7.65. The van der Waals surface area contributed by atoms with Crippen LogP contribution in [0, 0.1) is 34.6 Å². The first-order chi connectivity index (χ1) is 16.4. The highest BCUT2D eigenvalue weighted by atomic mass is 32.2. The quantitative estimate of drug-likeness (QED) is 0.428. The molecule has 0 aliphatic heterocycles. The van der Waals surface area contributed by atoms with Gasteiger partial charge in [-0.15, -0.1) is 0 Å². The molecule has 1 atom stereocenters. The molecule has 3 aromatic rings. The van der Waals surface area contributed by atoms with E-state index in [1.165, 1.54) is 0 Å². The number of aliphatic carboxylic acids is 1. The molecule has 0 saturated heterocycles. The van der Waals surface area contributed by atoms with Crippen LogP contribution in [-0.2, 0) is 21.2 Å². The van der Waals surface area contributed by atoms with Crippen LogP contribution in [0.2, 0.25) is 0 Å². The number of carboxylic acids is 1. The van der Waals surface area contributed by atoms with Crippen LogP contribution in [0.1, 0.15) is 43.7 Å². The van der Waals surface area contributed by atoms with Crippen LogP contribution in [0.25, 0.3) is 0 Å².